The van der Waals surface area contributed by atoms with Crippen molar-refractivity contribution in [2.24, 2.45) is 0 Å². The summed E-state index contributed by atoms with van der Waals surface area (Å²) in [6.07, 6.45) is 0. The number of benzene rings is 11. The van der Waals surface area contributed by atoms with Crippen molar-refractivity contribution in [3.05, 3.63) is 291 Å². The van der Waals surface area contributed by atoms with Crippen LogP contribution < -0.4 is 9.80 Å². The fraction of sp³-hybridized carbons (Fsp3) is 0. The van der Waals surface area contributed by atoms with Gasteiger partial charge in [-0.05, 0) is 161 Å². The van der Waals surface area contributed by atoms with Crippen LogP contribution in [0, 0.1) is 0 Å². The number of furan rings is 1. The number of hydrogen-bond acceptors (Lipinski definition) is 4. The van der Waals surface area contributed by atoms with Gasteiger partial charge in [-0.15, -0.1) is 0 Å². The van der Waals surface area contributed by atoms with Crippen molar-refractivity contribution in [3.63, 3.8) is 0 Å². The van der Waals surface area contributed by atoms with Gasteiger partial charge in [0.2, 0.25) is 5.71 Å². The van der Waals surface area contributed by atoms with Crippen molar-refractivity contribution in [2.45, 2.75) is 0 Å². The van der Waals surface area contributed by atoms with Crippen molar-refractivity contribution >= 4 is 78.0 Å². The highest BCUT2D eigenvalue weighted by Gasteiger charge is 2.18. The largest absolute Gasteiger partial charge is 0.438 e. The second kappa shape index (κ2) is 19.0. The molecule has 0 atom stereocenters. The zero-order valence-electron chi connectivity index (χ0n) is 41.4. The number of para-hydroxylation sites is 5. The van der Waals surface area contributed by atoms with Crippen LogP contribution in [0.25, 0.3) is 94.2 Å². The minimum Gasteiger partial charge on any atom is -0.438 e. The Morgan fingerprint density at radius 3 is 1.12 bits per heavy atom. The molecule has 0 amide bonds. The highest BCUT2D eigenvalue weighted by molar-refractivity contribution is 6.12. The standard InChI is InChI=1S/C71H48N4O/c1-5-15-56(16-6-1)73(57-17-7-2-8-18-57)60-37-31-51(32-38-60)54-35-45-68-65(47-54)66-48-55(52-33-39-61(40-34-52)74(58-19-9-3-10-20-58)59-21-11-4-12-22-59)36-46-69(66)75(68)62-41-29-50(30-42-62)49-25-27-53(28-26-49)67-44-43-64-63-23-13-14-24-70(63)76-71(64)72-67/h1-48H. The van der Waals surface area contributed by atoms with Gasteiger partial charge in [-0.2, -0.15) is 0 Å². The van der Waals surface area contributed by atoms with Crippen molar-refractivity contribution in [1.82, 2.24) is 9.55 Å². The lowest BCUT2D eigenvalue weighted by Gasteiger charge is -2.25. The zero-order valence-corrected chi connectivity index (χ0v) is 41.4. The Balaban J connectivity index is 0.828. The van der Waals surface area contributed by atoms with Crippen molar-refractivity contribution in [3.8, 4) is 50.3 Å². The first-order chi connectivity index (χ1) is 37.7. The van der Waals surface area contributed by atoms with Gasteiger partial charge in [0.1, 0.15) is 5.58 Å². The molecule has 0 saturated heterocycles. The van der Waals surface area contributed by atoms with Crippen LogP contribution in [0.3, 0.4) is 0 Å². The Hall–Kier alpha value is -10.2. The molecule has 5 heteroatoms. The van der Waals surface area contributed by atoms with E-state index in [4.69, 9.17) is 9.40 Å². The average Bonchev–Trinajstić information content (AvgIpc) is 4.04. The third-order valence-corrected chi connectivity index (χ3v) is 14.6. The van der Waals surface area contributed by atoms with E-state index in [1.807, 2.05) is 18.2 Å². The number of anilines is 6. The number of nitrogens with zero attached hydrogens (tertiary/aromatic N) is 4. The molecule has 11 aromatic carbocycles. The SMILES string of the molecule is c1ccc(N(c2ccccc2)c2ccc(-c3ccc4c(c3)c3cc(-c5ccc(N(c6ccccc6)c6ccccc6)cc5)ccc3n4-c3ccc(-c4ccc(-c5ccc6c(n5)oc5ccccc56)cc4)cc3)cc2)cc1. The van der Waals surface area contributed by atoms with Gasteiger partial charge in [-0.25, -0.2) is 4.98 Å². The van der Waals surface area contributed by atoms with E-state index in [1.165, 1.54) is 10.8 Å². The molecule has 0 radical (unpaired) electrons. The smallest absolute Gasteiger partial charge is 0.227 e. The second-order valence-corrected chi connectivity index (χ2v) is 19.2. The first kappa shape index (κ1) is 44.5. The molecule has 0 aliphatic heterocycles. The van der Waals surface area contributed by atoms with Crippen LogP contribution in [0.5, 0.6) is 0 Å². The Labute approximate surface area is 441 Å². The van der Waals surface area contributed by atoms with Gasteiger partial charge in [0, 0.05) is 66.9 Å². The molecular formula is C71H48N4O. The monoisotopic (exact) mass is 972 g/mol. The summed E-state index contributed by atoms with van der Waals surface area (Å²) in [5.74, 6) is 0. The van der Waals surface area contributed by atoms with Gasteiger partial charge >= 0.3 is 0 Å². The summed E-state index contributed by atoms with van der Waals surface area (Å²) in [5.41, 5.74) is 20.4. The van der Waals surface area contributed by atoms with Gasteiger partial charge in [-0.1, -0.05) is 164 Å². The summed E-state index contributed by atoms with van der Waals surface area (Å²) in [6, 6.07) is 104. The molecule has 0 aliphatic rings. The lowest BCUT2D eigenvalue weighted by molar-refractivity contribution is 0.654. The number of hydrogen-bond donors (Lipinski definition) is 0. The quantitative estimate of drug-likeness (QED) is 0.129. The van der Waals surface area contributed by atoms with Crippen LogP contribution in [0.1, 0.15) is 0 Å². The average molecular weight is 973 g/mol. The van der Waals surface area contributed by atoms with Crippen LogP contribution in [-0.4, -0.2) is 9.55 Å². The van der Waals surface area contributed by atoms with Crippen LogP contribution in [0.15, 0.2) is 296 Å². The molecule has 0 bridgehead atoms. The fourth-order valence-electron chi connectivity index (χ4n) is 10.9. The molecule has 14 rings (SSSR count). The zero-order chi connectivity index (χ0) is 50.4. The summed E-state index contributed by atoms with van der Waals surface area (Å²) in [6.45, 7) is 0. The Bertz CT molecular complexity index is 4080. The lowest BCUT2D eigenvalue weighted by Crippen LogP contribution is -2.09. The summed E-state index contributed by atoms with van der Waals surface area (Å²) >= 11 is 0. The highest BCUT2D eigenvalue weighted by atomic mass is 16.3. The van der Waals surface area contributed by atoms with Crippen molar-refractivity contribution in [2.75, 3.05) is 9.80 Å². The minimum atomic E-state index is 0.656. The summed E-state index contributed by atoms with van der Waals surface area (Å²) in [4.78, 5) is 9.51. The van der Waals surface area contributed by atoms with E-state index in [0.29, 0.717) is 5.71 Å². The summed E-state index contributed by atoms with van der Waals surface area (Å²) in [7, 11) is 0. The van der Waals surface area contributed by atoms with E-state index in [2.05, 4.69) is 287 Å². The topological polar surface area (TPSA) is 37.4 Å². The molecule has 76 heavy (non-hydrogen) atoms. The Morgan fingerprint density at radius 2 is 0.645 bits per heavy atom. The molecule has 0 unspecified atom stereocenters. The van der Waals surface area contributed by atoms with E-state index in [-0.39, 0.29) is 0 Å². The first-order valence-corrected chi connectivity index (χ1v) is 25.8. The fourth-order valence-corrected chi connectivity index (χ4v) is 10.9. The molecule has 0 saturated carbocycles. The number of pyridine rings is 1. The van der Waals surface area contributed by atoms with E-state index in [9.17, 15) is 0 Å². The normalized spacial score (nSPS) is 11.4. The van der Waals surface area contributed by atoms with Crippen LogP contribution in [0.4, 0.5) is 34.1 Å². The van der Waals surface area contributed by atoms with E-state index < -0.39 is 0 Å². The molecule has 3 aromatic heterocycles. The third-order valence-electron chi connectivity index (χ3n) is 14.6. The van der Waals surface area contributed by atoms with Gasteiger partial charge in [0.05, 0.1) is 16.7 Å². The Kier molecular flexibility index (Phi) is 11.1. The maximum Gasteiger partial charge on any atom is 0.227 e. The number of fused-ring (bicyclic) bond motifs is 6. The molecule has 14 aromatic rings. The van der Waals surface area contributed by atoms with Crippen LogP contribution in [0.2, 0.25) is 0 Å². The molecule has 3 heterocycles. The summed E-state index contributed by atoms with van der Waals surface area (Å²) in [5, 5.41) is 4.50. The Morgan fingerprint density at radius 1 is 0.276 bits per heavy atom. The van der Waals surface area contributed by atoms with Gasteiger partial charge in [0.25, 0.3) is 0 Å². The minimum absolute atomic E-state index is 0.656. The molecular weight excluding hydrogens is 925 g/mol. The van der Waals surface area contributed by atoms with Crippen LogP contribution >= 0.6 is 0 Å². The maximum absolute atomic E-state index is 6.11. The van der Waals surface area contributed by atoms with Gasteiger partial charge in [-0.3, -0.25) is 0 Å². The molecule has 5 nitrogen and oxygen atoms in total. The molecule has 358 valence electrons. The van der Waals surface area contributed by atoms with E-state index in [1.54, 1.807) is 0 Å². The summed E-state index contributed by atoms with van der Waals surface area (Å²) < 4.78 is 8.52. The van der Waals surface area contributed by atoms with Crippen molar-refractivity contribution in [1.29, 1.82) is 0 Å². The molecule has 0 aliphatic carbocycles. The number of rotatable bonds is 11. The van der Waals surface area contributed by atoms with E-state index in [0.717, 1.165) is 112 Å². The maximum atomic E-state index is 6.11. The molecule has 0 spiro atoms. The van der Waals surface area contributed by atoms with E-state index >= 15 is 0 Å². The highest BCUT2D eigenvalue weighted by Crippen LogP contribution is 2.41. The predicted octanol–water partition coefficient (Wildman–Crippen LogP) is 19.7. The van der Waals surface area contributed by atoms with Crippen LogP contribution in [-0.2, 0) is 0 Å². The second-order valence-electron chi connectivity index (χ2n) is 19.2. The molecule has 0 N–H and O–H groups in total. The third kappa shape index (κ3) is 8.13. The predicted molar refractivity (Wildman–Crippen MR) is 317 cm³/mol. The lowest BCUT2D eigenvalue weighted by atomic mass is 9.99. The van der Waals surface area contributed by atoms with Crippen molar-refractivity contribution < 1.29 is 4.42 Å². The number of aromatic nitrogens is 2. The van der Waals surface area contributed by atoms with Gasteiger partial charge in [0.15, 0.2) is 0 Å². The molecule has 0 fully saturated rings. The first-order valence-electron chi connectivity index (χ1n) is 25.8. The van der Waals surface area contributed by atoms with Gasteiger partial charge < -0.3 is 18.8 Å².